The smallest absolute Gasteiger partial charge is 0.163 e. The van der Waals surface area contributed by atoms with Gasteiger partial charge in [-0.1, -0.05) is 0 Å². The highest BCUT2D eigenvalue weighted by Crippen LogP contribution is 2.27. The largest absolute Gasteiger partial charge is 0.354 e. The Morgan fingerprint density at radius 2 is 2.03 bits per heavy atom. The molecule has 0 spiro atoms. The molecule has 1 aromatic carbocycles. The van der Waals surface area contributed by atoms with Crippen molar-refractivity contribution in [3.05, 3.63) is 60.0 Å². The molecular weight excluding hydrogens is 404 g/mol. The molecule has 1 aliphatic heterocycles. The van der Waals surface area contributed by atoms with E-state index in [1.807, 2.05) is 54.0 Å². The van der Waals surface area contributed by atoms with E-state index in [-0.39, 0.29) is 11.8 Å². The second-order valence-electron chi connectivity index (χ2n) is 8.09. The number of aryl methyl sites for hydroxylation is 1. The highest BCUT2D eigenvalue weighted by Gasteiger charge is 2.24. The number of ketones is 1. The fourth-order valence-corrected chi connectivity index (χ4v) is 3.95. The summed E-state index contributed by atoms with van der Waals surface area (Å²) in [7, 11) is 0. The Balaban J connectivity index is 1.54. The van der Waals surface area contributed by atoms with Gasteiger partial charge in [-0.25, -0.2) is 9.97 Å². The molecule has 0 aliphatic carbocycles. The zero-order valence-corrected chi connectivity index (χ0v) is 18.0. The molecule has 32 heavy (non-hydrogen) atoms. The molecule has 9 nitrogen and oxygen atoms in total. The van der Waals surface area contributed by atoms with E-state index in [1.165, 1.54) is 0 Å². The maximum Gasteiger partial charge on any atom is 0.163 e. The number of nitrogens with one attached hydrogen (secondary N) is 1. The van der Waals surface area contributed by atoms with Crippen LogP contribution in [0.1, 0.15) is 29.4 Å². The van der Waals surface area contributed by atoms with Crippen molar-refractivity contribution in [2.45, 2.75) is 26.3 Å². The molecule has 4 aromatic rings. The van der Waals surface area contributed by atoms with Crippen molar-refractivity contribution in [1.29, 1.82) is 0 Å². The van der Waals surface area contributed by atoms with Crippen LogP contribution in [0, 0.1) is 6.92 Å². The molecule has 1 saturated heterocycles. The summed E-state index contributed by atoms with van der Waals surface area (Å²) in [6.07, 6.45) is 2.63. The molecule has 4 heterocycles. The number of aromatic nitrogens is 5. The zero-order valence-electron chi connectivity index (χ0n) is 18.0. The predicted molar refractivity (Wildman–Crippen MR) is 124 cm³/mol. The Morgan fingerprint density at radius 3 is 2.75 bits per heavy atom. The average Bonchev–Trinajstić information content (AvgIpc) is 3.41. The number of pyridine rings is 1. The Kier molecular flexibility index (Phi) is 5.02. The maximum absolute atomic E-state index is 12.2. The first-order chi connectivity index (χ1) is 15.5. The molecule has 162 valence electrons. The number of anilines is 3. The Bertz CT molecular complexity index is 1300. The normalized spacial score (nSPS) is 16.0. The van der Waals surface area contributed by atoms with Gasteiger partial charge in [0.25, 0.3) is 0 Å². The topological polar surface area (TPSA) is 115 Å². The summed E-state index contributed by atoms with van der Waals surface area (Å²) in [5.41, 5.74) is 10.2. The number of Topliss-reactive ketones (excluding diaryl/α,β-unsaturated/α-hetero) is 1. The first-order valence-electron chi connectivity index (χ1n) is 10.6. The van der Waals surface area contributed by atoms with E-state index in [2.05, 4.69) is 25.4 Å². The minimum atomic E-state index is -0.0132. The molecule has 0 bridgehead atoms. The number of carbonyl (C=O) groups excluding carboxylic acids is 1. The predicted octanol–water partition coefficient (Wildman–Crippen LogP) is 3.00. The molecule has 9 heteroatoms. The average molecular weight is 429 g/mol. The third-order valence-corrected chi connectivity index (χ3v) is 5.63. The van der Waals surface area contributed by atoms with Crippen LogP contribution in [0.2, 0.25) is 0 Å². The summed E-state index contributed by atoms with van der Waals surface area (Å²) in [6.45, 7) is 4.94. The van der Waals surface area contributed by atoms with Crippen LogP contribution in [0.5, 0.6) is 0 Å². The molecule has 3 aromatic heterocycles. The van der Waals surface area contributed by atoms with E-state index in [0.717, 1.165) is 35.4 Å². The molecule has 0 unspecified atom stereocenters. The second kappa shape index (κ2) is 8.01. The monoisotopic (exact) mass is 428 g/mol. The van der Waals surface area contributed by atoms with Crippen LogP contribution in [0.3, 0.4) is 0 Å². The van der Waals surface area contributed by atoms with Crippen LogP contribution in [0.15, 0.2) is 48.8 Å². The number of imidazole rings is 1. The van der Waals surface area contributed by atoms with Crippen molar-refractivity contribution in [3.8, 4) is 5.82 Å². The van der Waals surface area contributed by atoms with E-state index in [9.17, 15) is 4.79 Å². The first-order valence-corrected chi connectivity index (χ1v) is 10.6. The summed E-state index contributed by atoms with van der Waals surface area (Å²) in [5.74, 6) is 2.02. The van der Waals surface area contributed by atoms with Gasteiger partial charge in [0, 0.05) is 24.8 Å². The van der Waals surface area contributed by atoms with Gasteiger partial charge in [-0.3, -0.25) is 9.36 Å². The Morgan fingerprint density at radius 1 is 1.16 bits per heavy atom. The van der Waals surface area contributed by atoms with Crippen LogP contribution >= 0.6 is 0 Å². The lowest BCUT2D eigenvalue weighted by Gasteiger charge is -2.20. The van der Waals surface area contributed by atoms with Gasteiger partial charge in [0.15, 0.2) is 11.6 Å². The van der Waals surface area contributed by atoms with Crippen LogP contribution < -0.4 is 16.0 Å². The molecular formula is C23H24N8O. The zero-order chi connectivity index (χ0) is 22.2. The van der Waals surface area contributed by atoms with Crippen molar-refractivity contribution >= 4 is 34.1 Å². The van der Waals surface area contributed by atoms with Crippen molar-refractivity contribution in [2.24, 2.45) is 5.73 Å². The minimum absolute atomic E-state index is 0.0132. The number of hydrogen-bond acceptors (Lipinski definition) is 8. The fourth-order valence-electron chi connectivity index (χ4n) is 3.95. The van der Waals surface area contributed by atoms with Gasteiger partial charge in [0.1, 0.15) is 18.0 Å². The second-order valence-corrected chi connectivity index (χ2v) is 8.09. The van der Waals surface area contributed by atoms with Crippen LogP contribution in [0.25, 0.3) is 16.9 Å². The third-order valence-electron chi connectivity index (χ3n) is 5.63. The fraction of sp³-hybridized carbons (Fsp3) is 0.261. The summed E-state index contributed by atoms with van der Waals surface area (Å²) < 4.78 is 1.92. The standard InChI is InChI=1S/C23H24N8O/c1-14-3-7-21(29-28-14)26-17-4-6-19-20(11-17)31(13-25-19)22-8-5-18(15(2)32)23(27-22)30-10-9-16(24)12-30/h3-8,11,13,16H,9-10,12,24H2,1-2H3,(H,26,29)/t16-/m1/s1. The molecule has 1 atom stereocenters. The van der Waals surface area contributed by atoms with Crippen molar-refractivity contribution < 1.29 is 4.79 Å². The maximum atomic E-state index is 12.2. The number of benzene rings is 1. The van der Waals surface area contributed by atoms with E-state index in [4.69, 9.17) is 10.7 Å². The van der Waals surface area contributed by atoms with Crippen molar-refractivity contribution in [2.75, 3.05) is 23.3 Å². The number of fused-ring (bicyclic) bond motifs is 1. The van der Waals surface area contributed by atoms with E-state index >= 15 is 0 Å². The van der Waals surface area contributed by atoms with Gasteiger partial charge in [0.05, 0.1) is 22.3 Å². The molecule has 0 radical (unpaired) electrons. The number of rotatable bonds is 5. The molecule has 5 rings (SSSR count). The SMILES string of the molecule is CC(=O)c1ccc(-n2cnc3ccc(Nc4ccc(C)nn4)cc32)nc1N1CC[C@@H](N)C1. The van der Waals surface area contributed by atoms with Crippen LogP contribution in [0.4, 0.5) is 17.3 Å². The molecule has 3 N–H and O–H groups in total. The lowest BCUT2D eigenvalue weighted by Crippen LogP contribution is -2.28. The van der Waals surface area contributed by atoms with Gasteiger partial charge in [0.2, 0.25) is 0 Å². The van der Waals surface area contributed by atoms with E-state index < -0.39 is 0 Å². The van der Waals surface area contributed by atoms with Gasteiger partial charge in [-0.05, 0) is 62.7 Å². The van der Waals surface area contributed by atoms with Crippen molar-refractivity contribution in [1.82, 2.24) is 24.7 Å². The molecule has 1 aliphatic rings. The summed E-state index contributed by atoms with van der Waals surface area (Å²) in [6, 6.07) is 13.5. The lowest BCUT2D eigenvalue weighted by atomic mass is 10.1. The van der Waals surface area contributed by atoms with Gasteiger partial charge < -0.3 is 16.0 Å². The highest BCUT2D eigenvalue weighted by molar-refractivity contribution is 5.99. The summed E-state index contributed by atoms with van der Waals surface area (Å²) in [4.78, 5) is 23.7. The van der Waals surface area contributed by atoms with Gasteiger partial charge >= 0.3 is 0 Å². The van der Waals surface area contributed by atoms with Crippen LogP contribution in [-0.2, 0) is 0 Å². The molecule has 1 fully saturated rings. The highest BCUT2D eigenvalue weighted by atomic mass is 16.1. The number of nitrogens with zero attached hydrogens (tertiary/aromatic N) is 6. The Hall–Kier alpha value is -3.85. The molecule has 0 amide bonds. The number of hydrogen-bond donors (Lipinski definition) is 2. The van der Waals surface area contributed by atoms with Gasteiger partial charge in [-0.15, -0.1) is 5.10 Å². The summed E-state index contributed by atoms with van der Waals surface area (Å²) in [5, 5.41) is 11.5. The minimum Gasteiger partial charge on any atom is -0.354 e. The summed E-state index contributed by atoms with van der Waals surface area (Å²) >= 11 is 0. The number of nitrogens with two attached hydrogens (primary N) is 1. The first kappa shape index (κ1) is 20.1. The molecule has 0 saturated carbocycles. The van der Waals surface area contributed by atoms with E-state index in [0.29, 0.717) is 29.6 Å². The quantitative estimate of drug-likeness (QED) is 0.466. The van der Waals surface area contributed by atoms with Crippen LogP contribution in [-0.4, -0.2) is 49.6 Å². The van der Waals surface area contributed by atoms with Crippen molar-refractivity contribution in [3.63, 3.8) is 0 Å². The number of carbonyl (C=O) groups is 1. The third kappa shape index (κ3) is 3.78. The van der Waals surface area contributed by atoms with E-state index in [1.54, 1.807) is 13.3 Å². The lowest BCUT2D eigenvalue weighted by molar-refractivity contribution is 0.101. The van der Waals surface area contributed by atoms with Gasteiger partial charge in [-0.2, -0.15) is 5.10 Å². The Labute approximate surface area is 185 Å².